The maximum absolute atomic E-state index is 5.79. The summed E-state index contributed by atoms with van der Waals surface area (Å²) in [6.45, 7) is 2.19. The molecule has 6 fully saturated rings. The molecular formula is C33H43N4O+. The van der Waals surface area contributed by atoms with Crippen LogP contribution in [0.4, 0.5) is 0 Å². The second kappa shape index (κ2) is 8.93. The number of aryl methyl sites for hydroxylation is 2. The van der Waals surface area contributed by atoms with Gasteiger partial charge in [-0.15, -0.1) is 4.68 Å². The van der Waals surface area contributed by atoms with Gasteiger partial charge in [-0.2, -0.15) is 4.68 Å². The number of aromatic nitrogens is 4. The molecule has 38 heavy (non-hydrogen) atoms. The molecule has 0 saturated heterocycles. The summed E-state index contributed by atoms with van der Waals surface area (Å²) >= 11 is 0. The zero-order chi connectivity index (χ0) is 26.1. The molecule has 0 aliphatic heterocycles. The van der Waals surface area contributed by atoms with Crippen LogP contribution < -0.4 is 9.42 Å². The predicted molar refractivity (Wildman–Crippen MR) is 150 cm³/mol. The van der Waals surface area contributed by atoms with Gasteiger partial charge in [0.15, 0.2) is 18.6 Å². The number of benzene rings is 1. The zero-order valence-electron chi connectivity index (χ0n) is 23.7. The van der Waals surface area contributed by atoms with Gasteiger partial charge in [0.25, 0.3) is 0 Å². The summed E-state index contributed by atoms with van der Waals surface area (Å²) in [6.07, 6.45) is 18.1. The number of hydrogen-bond acceptors (Lipinski definition) is 3. The highest BCUT2D eigenvalue weighted by Crippen LogP contribution is 2.54. The number of methoxy groups -OCH3 is 1. The Kier molecular flexibility index (Phi) is 5.72. The van der Waals surface area contributed by atoms with E-state index in [9.17, 15) is 0 Å². The first-order chi connectivity index (χ1) is 18.4. The fraction of sp³-hybridized carbons (Fsp3) is 0.606. The Labute approximate surface area is 227 Å². The number of hydrogen-bond donors (Lipinski definition) is 0. The van der Waals surface area contributed by atoms with Crippen LogP contribution in [0.2, 0.25) is 0 Å². The van der Waals surface area contributed by atoms with Crippen LogP contribution in [0.15, 0.2) is 30.5 Å². The first kappa shape index (κ1) is 24.4. The molecule has 200 valence electrons. The monoisotopic (exact) mass is 511 g/mol. The minimum absolute atomic E-state index is 0.256. The lowest BCUT2D eigenvalue weighted by Gasteiger charge is -2.48. The molecule has 0 N–H and O–H groups in total. The van der Waals surface area contributed by atoms with Gasteiger partial charge in [0.05, 0.1) is 25.5 Å². The highest BCUT2D eigenvalue weighted by Gasteiger charge is 2.46. The summed E-state index contributed by atoms with van der Waals surface area (Å²) in [7, 11) is 5.91. The molecule has 6 saturated carbocycles. The van der Waals surface area contributed by atoms with Crippen LogP contribution in [0, 0.1) is 18.8 Å². The standard InChI is InChI=1S/C33H43N4O/c1-22-5-6-25(19-26(22)30-27(38-4)21-36(2)37(30)3)31-34-28(32-13-7-23(8-14-32)9-15-32)20-29(35-31)33-16-10-24(11-17-33)12-18-33/h5-6,19-21,23-24H,7-18H2,1-4H3/q+1. The van der Waals surface area contributed by atoms with Crippen molar-refractivity contribution in [3.05, 3.63) is 47.4 Å². The summed E-state index contributed by atoms with van der Waals surface area (Å²) in [5.41, 5.74) is 7.86. The van der Waals surface area contributed by atoms with E-state index in [1.165, 1.54) is 99.6 Å². The molecule has 2 heterocycles. The van der Waals surface area contributed by atoms with Gasteiger partial charge in [-0.05, 0) is 114 Å². The normalized spacial score (nSPS) is 30.1. The molecule has 0 spiro atoms. The van der Waals surface area contributed by atoms with Crippen molar-refractivity contribution in [3.8, 4) is 28.4 Å². The van der Waals surface area contributed by atoms with E-state index in [0.717, 1.165) is 34.7 Å². The molecular weight excluding hydrogens is 468 g/mol. The number of rotatable bonds is 5. The third-order valence-corrected chi connectivity index (χ3v) is 11.3. The van der Waals surface area contributed by atoms with Crippen LogP contribution in [-0.4, -0.2) is 21.8 Å². The first-order valence-electron chi connectivity index (χ1n) is 15.0. The smallest absolute Gasteiger partial charge is 0.237 e. The Balaban J connectivity index is 1.39. The molecule has 5 heteroatoms. The Bertz CT molecular complexity index is 1290. The van der Waals surface area contributed by atoms with Gasteiger partial charge in [0, 0.05) is 22.0 Å². The van der Waals surface area contributed by atoms with Crippen molar-refractivity contribution in [1.29, 1.82) is 0 Å². The quantitative estimate of drug-likeness (QED) is 0.357. The molecule has 5 nitrogen and oxygen atoms in total. The zero-order valence-corrected chi connectivity index (χ0v) is 23.7. The van der Waals surface area contributed by atoms with Crippen LogP contribution in [0.3, 0.4) is 0 Å². The van der Waals surface area contributed by atoms with E-state index in [0.29, 0.717) is 0 Å². The topological polar surface area (TPSA) is 43.8 Å². The molecule has 4 bridgehead atoms. The third-order valence-electron chi connectivity index (χ3n) is 11.3. The van der Waals surface area contributed by atoms with Crippen LogP contribution in [0.25, 0.3) is 22.6 Å². The van der Waals surface area contributed by atoms with Gasteiger partial charge < -0.3 is 4.74 Å². The van der Waals surface area contributed by atoms with Crippen molar-refractivity contribution in [2.24, 2.45) is 25.9 Å². The summed E-state index contributed by atoms with van der Waals surface area (Å²) in [5, 5.41) is 0. The van der Waals surface area contributed by atoms with Crippen LogP contribution >= 0.6 is 0 Å². The average Bonchev–Trinajstić information content (AvgIpc) is 3.27. The minimum Gasteiger partial charge on any atom is -0.489 e. The fourth-order valence-electron chi connectivity index (χ4n) is 8.49. The van der Waals surface area contributed by atoms with Crippen molar-refractivity contribution >= 4 is 0 Å². The van der Waals surface area contributed by atoms with Gasteiger partial charge in [-0.25, -0.2) is 9.97 Å². The van der Waals surface area contributed by atoms with E-state index < -0.39 is 0 Å². The highest BCUT2D eigenvalue weighted by atomic mass is 16.5. The molecule has 0 radical (unpaired) electrons. The molecule has 6 aliphatic carbocycles. The second-order valence-electron chi connectivity index (χ2n) is 13.2. The van der Waals surface area contributed by atoms with Crippen molar-refractivity contribution < 1.29 is 9.42 Å². The summed E-state index contributed by atoms with van der Waals surface area (Å²) in [5.74, 6) is 3.72. The molecule has 0 atom stereocenters. The predicted octanol–water partition coefficient (Wildman–Crippen LogP) is 6.73. The Morgan fingerprint density at radius 3 is 1.87 bits per heavy atom. The van der Waals surface area contributed by atoms with Gasteiger partial charge in [-0.1, -0.05) is 12.1 Å². The summed E-state index contributed by atoms with van der Waals surface area (Å²) in [6, 6.07) is 9.28. The number of fused-ring (bicyclic) bond motifs is 6. The fourth-order valence-corrected chi connectivity index (χ4v) is 8.49. The SMILES string of the molecule is COc1c[n+](C)n(C)c1-c1cc(-c2nc(C34CCC(CC3)CC4)cc(C34CCC(CC3)CC4)n2)ccc1C. The van der Waals surface area contributed by atoms with Crippen LogP contribution in [0.5, 0.6) is 5.75 Å². The van der Waals surface area contributed by atoms with Crippen molar-refractivity contribution in [2.75, 3.05) is 7.11 Å². The Morgan fingerprint density at radius 2 is 1.37 bits per heavy atom. The van der Waals surface area contributed by atoms with Crippen molar-refractivity contribution in [2.45, 2.75) is 94.8 Å². The Hall–Kier alpha value is -2.69. The van der Waals surface area contributed by atoms with E-state index in [4.69, 9.17) is 14.7 Å². The summed E-state index contributed by atoms with van der Waals surface area (Å²) < 4.78 is 10.0. The minimum atomic E-state index is 0.256. The Morgan fingerprint density at radius 1 is 0.842 bits per heavy atom. The van der Waals surface area contributed by atoms with Gasteiger partial charge in [0.2, 0.25) is 11.9 Å². The van der Waals surface area contributed by atoms with Crippen LogP contribution in [0.1, 0.15) is 94.0 Å². The highest BCUT2D eigenvalue weighted by molar-refractivity contribution is 5.74. The lowest BCUT2D eigenvalue weighted by molar-refractivity contribution is -0.750. The van der Waals surface area contributed by atoms with Crippen molar-refractivity contribution in [3.63, 3.8) is 0 Å². The first-order valence-corrected chi connectivity index (χ1v) is 15.0. The lowest BCUT2D eigenvalue weighted by atomic mass is 9.57. The van der Waals surface area contributed by atoms with Gasteiger partial charge >= 0.3 is 0 Å². The number of nitrogens with zero attached hydrogens (tertiary/aromatic N) is 4. The van der Waals surface area contributed by atoms with E-state index in [1.54, 1.807) is 7.11 Å². The maximum atomic E-state index is 5.79. The molecule has 2 aromatic heterocycles. The maximum Gasteiger partial charge on any atom is 0.237 e. The van der Waals surface area contributed by atoms with Gasteiger partial charge in [0.1, 0.15) is 0 Å². The molecule has 6 aliphatic rings. The summed E-state index contributed by atoms with van der Waals surface area (Å²) in [4.78, 5) is 10.9. The van der Waals surface area contributed by atoms with Gasteiger partial charge in [-0.3, -0.25) is 0 Å². The number of ether oxygens (including phenoxy) is 1. The molecule has 1 aromatic carbocycles. The molecule has 9 rings (SSSR count). The third kappa shape index (κ3) is 3.75. The van der Waals surface area contributed by atoms with E-state index >= 15 is 0 Å². The second-order valence-corrected chi connectivity index (χ2v) is 13.2. The van der Waals surface area contributed by atoms with E-state index in [1.807, 2.05) is 6.20 Å². The lowest BCUT2D eigenvalue weighted by Crippen LogP contribution is -2.41. The van der Waals surface area contributed by atoms with E-state index in [2.05, 4.69) is 54.6 Å². The molecule has 0 amide bonds. The van der Waals surface area contributed by atoms with Crippen molar-refractivity contribution in [1.82, 2.24) is 14.6 Å². The average molecular weight is 512 g/mol. The molecule has 3 aromatic rings. The van der Waals surface area contributed by atoms with Crippen LogP contribution in [-0.2, 0) is 24.9 Å². The van der Waals surface area contributed by atoms with E-state index in [-0.39, 0.29) is 10.8 Å². The molecule has 0 unspecified atom stereocenters. The largest absolute Gasteiger partial charge is 0.489 e.